The predicted molar refractivity (Wildman–Crippen MR) is 55.5 cm³/mol. The third-order valence-electron chi connectivity index (χ3n) is 1.94. The maximum Gasteiger partial charge on any atom is 0.574 e. The van der Waals surface area contributed by atoms with E-state index in [1.165, 1.54) is 0 Å². The van der Waals surface area contributed by atoms with E-state index in [0.29, 0.717) is 0 Å². The van der Waals surface area contributed by atoms with E-state index in [-0.39, 0.29) is 6.07 Å². The lowest BCUT2D eigenvalue weighted by Gasteiger charge is -2.15. The van der Waals surface area contributed by atoms with Gasteiger partial charge in [-0.15, -0.1) is 13.2 Å². The number of carboxylic acid groups (broad SMARTS) is 1. The third kappa shape index (κ3) is 3.99. The van der Waals surface area contributed by atoms with E-state index in [1.54, 1.807) is 0 Å². The number of aromatic nitrogens is 1. The molecule has 11 heteroatoms. The fourth-order valence-corrected chi connectivity index (χ4v) is 1.71. The highest BCUT2D eigenvalue weighted by Crippen LogP contribution is 2.36. The lowest BCUT2D eigenvalue weighted by Crippen LogP contribution is -2.21. The highest BCUT2D eigenvalue weighted by atomic mass is 79.9. The Morgan fingerprint density at radius 3 is 2.20 bits per heavy atom. The van der Waals surface area contributed by atoms with Gasteiger partial charge in [-0.25, -0.2) is 9.78 Å². The second kappa shape index (κ2) is 5.46. The van der Waals surface area contributed by atoms with Crippen molar-refractivity contribution in [3.63, 3.8) is 0 Å². The number of alkyl halides is 7. The molecule has 0 aliphatic rings. The van der Waals surface area contributed by atoms with Crippen molar-refractivity contribution in [2.45, 2.75) is 17.9 Å². The zero-order valence-corrected chi connectivity index (χ0v) is 10.7. The molecule has 0 amide bonds. The summed E-state index contributed by atoms with van der Waals surface area (Å²) >= 11 is 2.66. The topological polar surface area (TPSA) is 59.4 Å². The molecule has 1 rings (SSSR count). The number of carbonyl (C=O) groups is 1. The van der Waals surface area contributed by atoms with Crippen LogP contribution in [0.3, 0.4) is 0 Å². The van der Waals surface area contributed by atoms with Gasteiger partial charge < -0.3 is 9.84 Å². The third-order valence-corrected chi connectivity index (χ3v) is 2.47. The van der Waals surface area contributed by atoms with Crippen LogP contribution in [0.15, 0.2) is 6.07 Å². The number of aromatic carboxylic acids is 1. The predicted octanol–water partition coefficient (Wildman–Crippen LogP) is 3.59. The minimum Gasteiger partial charge on any atom is -0.478 e. The second-order valence-corrected chi connectivity index (χ2v) is 3.87. The Morgan fingerprint density at radius 1 is 1.30 bits per heavy atom. The van der Waals surface area contributed by atoms with Crippen molar-refractivity contribution in [2.24, 2.45) is 0 Å². The summed E-state index contributed by atoms with van der Waals surface area (Å²) in [6, 6.07) is -0.108. The summed E-state index contributed by atoms with van der Waals surface area (Å²) in [7, 11) is 0. The van der Waals surface area contributed by atoms with Crippen LogP contribution in [0.4, 0.5) is 26.3 Å². The summed E-state index contributed by atoms with van der Waals surface area (Å²) in [5.41, 5.74) is -3.73. The first-order valence-corrected chi connectivity index (χ1v) is 5.74. The molecular weight excluding hydrogens is 364 g/mol. The molecule has 0 saturated carbocycles. The van der Waals surface area contributed by atoms with Gasteiger partial charge in [-0.05, 0) is 0 Å². The molecule has 1 N–H and O–H groups in total. The van der Waals surface area contributed by atoms with Gasteiger partial charge in [0.1, 0.15) is 0 Å². The Labute approximate surface area is 115 Å². The molecule has 4 nitrogen and oxygen atoms in total. The Bertz CT molecular complexity index is 528. The molecule has 0 radical (unpaired) electrons. The zero-order chi connectivity index (χ0) is 15.7. The average Bonchev–Trinajstić information content (AvgIpc) is 2.23. The first-order chi connectivity index (χ1) is 8.95. The van der Waals surface area contributed by atoms with Crippen LogP contribution in [-0.4, -0.2) is 22.4 Å². The van der Waals surface area contributed by atoms with Gasteiger partial charge in [0.25, 0.3) is 0 Å². The van der Waals surface area contributed by atoms with Gasteiger partial charge in [0.05, 0.1) is 16.8 Å². The maximum absolute atomic E-state index is 12.7. The van der Waals surface area contributed by atoms with E-state index < -0.39 is 46.5 Å². The van der Waals surface area contributed by atoms with E-state index in [1.807, 2.05) is 0 Å². The fourth-order valence-electron chi connectivity index (χ4n) is 1.30. The summed E-state index contributed by atoms with van der Waals surface area (Å²) in [5.74, 6) is -3.35. The van der Waals surface area contributed by atoms with Crippen LogP contribution in [0.2, 0.25) is 0 Å². The largest absolute Gasteiger partial charge is 0.574 e. The van der Waals surface area contributed by atoms with Gasteiger partial charge in [-0.2, -0.15) is 13.2 Å². The molecule has 0 aromatic carbocycles. The standard InChI is InChI=1S/C9H4BrF6NO3/c10-2-4-6(7(18)19)3(8(11,12)13)1-5(17-4)20-9(14,15)16/h1H,2H2,(H,18,19). The molecule has 0 saturated heterocycles. The van der Waals surface area contributed by atoms with E-state index in [2.05, 4.69) is 25.7 Å². The first-order valence-electron chi connectivity index (χ1n) is 4.62. The monoisotopic (exact) mass is 367 g/mol. The smallest absolute Gasteiger partial charge is 0.478 e. The van der Waals surface area contributed by atoms with Crippen molar-refractivity contribution >= 4 is 21.9 Å². The molecule has 0 unspecified atom stereocenters. The molecule has 1 heterocycles. The first kappa shape index (κ1) is 16.5. The number of nitrogens with zero attached hydrogens (tertiary/aromatic N) is 1. The normalized spacial score (nSPS) is 12.3. The van der Waals surface area contributed by atoms with Crippen LogP contribution in [0.25, 0.3) is 0 Å². The molecule has 0 aliphatic heterocycles. The maximum atomic E-state index is 12.7. The number of ether oxygens (including phenoxy) is 1. The molecule has 1 aromatic heterocycles. The lowest BCUT2D eigenvalue weighted by molar-refractivity contribution is -0.276. The van der Waals surface area contributed by atoms with Crippen LogP contribution in [0, 0.1) is 0 Å². The molecule has 20 heavy (non-hydrogen) atoms. The van der Waals surface area contributed by atoms with Gasteiger partial charge in [0.2, 0.25) is 5.88 Å². The van der Waals surface area contributed by atoms with E-state index in [9.17, 15) is 31.1 Å². The average molecular weight is 368 g/mol. The summed E-state index contributed by atoms with van der Waals surface area (Å²) in [6.45, 7) is 0. The summed E-state index contributed by atoms with van der Waals surface area (Å²) in [5, 5.41) is 8.25. The Balaban J connectivity index is 3.52. The summed E-state index contributed by atoms with van der Waals surface area (Å²) in [6.07, 6.45) is -10.4. The minimum absolute atomic E-state index is 0.108. The van der Waals surface area contributed by atoms with E-state index >= 15 is 0 Å². The van der Waals surface area contributed by atoms with Gasteiger partial charge >= 0.3 is 18.5 Å². The number of rotatable bonds is 3. The summed E-state index contributed by atoms with van der Waals surface area (Å²) in [4.78, 5) is 13.9. The number of hydrogen-bond acceptors (Lipinski definition) is 3. The molecule has 0 atom stereocenters. The van der Waals surface area contributed by atoms with Crippen LogP contribution in [0.5, 0.6) is 5.88 Å². The van der Waals surface area contributed by atoms with Crippen molar-refractivity contribution in [3.8, 4) is 5.88 Å². The fraction of sp³-hybridized carbons (Fsp3) is 0.333. The highest BCUT2D eigenvalue weighted by Gasteiger charge is 2.40. The Hall–Kier alpha value is -1.52. The van der Waals surface area contributed by atoms with Crippen LogP contribution < -0.4 is 4.74 Å². The minimum atomic E-state index is -5.25. The molecule has 0 fully saturated rings. The zero-order valence-electron chi connectivity index (χ0n) is 9.14. The number of halogens is 7. The van der Waals surface area contributed by atoms with E-state index in [0.717, 1.165) is 0 Å². The SMILES string of the molecule is O=C(O)c1c(C(F)(F)F)cc(OC(F)(F)F)nc1CBr. The van der Waals surface area contributed by atoms with Crippen molar-refractivity contribution in [1.82, 2.24) is 4.98 Å². The number of hydrogen-bond donors (Lipinski definition) is 1. The molecule has 0 bridgehead atoms. The molecule has 1 aromatic rings. The molecule has 112 valence electrons. The Morgan fingerprint density at radius 2 is 1.85 bits per heavy atom. The summed E-state index contributed by atoms with van der Waals surface area (Å²) < 4.78 is 77.4. The number of carboxylic acids is 1. The van der Waals surface area contributed by atoms with Crippen LogP contribution in [0.1, 0.15) is 21.6 Å². The van der Waals surface area contributed by atoms with Crippen LogP contribution in [-0.2, 0) is 11.5 Å². The van der Waals surface area contributed by atoms with Gasteiger partial charge in [0.15, 0.2) is 0 Å². The second-order valence-electron chi connectivity index (χ2n) is 3.31. The van der Waals surface area contributed by atoms with Crippen molar-refractivity contribution in [1.29, 1.82) is 0 Å². The van der Waals surface area contributed by atoms with Crippen LogP contribution >= 0.6 is 15.9 Å². The van der Waals surface area contributed by atoms with E-state index in [4.69, 9.17) is 5.11 Å². The number of pyridine rings is 1. The van der Waals surface area contributed by atoms with Gasteiger partial charge in [0, 0.05) is 11.4 Å². The molecule has 0 aliphatic carbocycles. The Kier molecular flexibility index (Phi) is 4.52. The van der Waals surface area contributed by atoms with Gasteiger partial charge in [-0.3, -0.25) is 0 Å². The molecular formula is C9H4BrF6NO3. The quantitative estimate of drug-likeness (QED) is 0.655. The van der Waals surface area contributed by atoms with Crippen molar-refractivity contribution in [3.05, 3.63) is 22.9 Å². The van der Waals surface area contributed by atoms with Crippen molar-refractivity contribution in [2.75, 3.05) is 0 Å². The van der Waals surface area contributed by atoms with Crippen molar-refractivity contribution < 1.29 is 41.0 Å². The lowest BCUT2D eigenvalue weighted by atomic mass is 10.1. The highest BCUT2D eigenvalue weighted by molar-refractivity contribution is 9.08. The van der Waals surface area contributed by atoms with Gasteiger partial charge in [-0.1, -0.05) is 15.9 Å². The molecule has 0 spiro atoms.